The highest BCUT2D eigenvalue weighted by Crippen LogP contribution is 2.26. The molecular weight excluding hydrogens is 262 g/mol. The number of ether oxygens (including phenoxy) is 2. The molecular formula is C18H19NO2. The van der Waals surface area contributed by atoms with E-state index in [-0.39, 0.29) is 0 Å². The molecule has 0 unspecified atom stereocenters. The van der Waals surface area contributed by atoms with Gasteiger partial charge in [-0.05, 0) is 30.7 Å². The fourth-order valence-corrected chi connectivity index (χ4v) is 2.43. The molecule has 1 aromatic heterocycles. The van der Waals surface area contributed by atoms with Gasteiger partial charge >= 0.3 is 0 Å². The molecule has 3 nitrogen and oxygen atoms in total. The van der Waals surface area contributed by atoms with Crippen molar-refractivity contribution in [3.05, 3.63) is 66.4 Å². The predicted octanol–water partition coefficient (Wildman–Crippen LogP) is 4.21. The van der Waals surface area contributed by atoms with Gasteiger partial charge in [0.1, 0.15) is 12.5 Å². The van der Waals surface area contributed by atoms with Crippen LogP contribution < -0.4 is 4.74 Å². The maximum atomic E-state index is 5.79. The van der Waals surface area contributed by atoms with E-state index in [1.165, 1.54) is 5.56 Å². The van der Waals surface area contributed by atoms with Crippen LogP contribution in [0.4, 0.5) is 0 Å². The molecule has 0 saturated heterocycles. The van der Waals surface area contributed by atoms with E-state index in [0.29, 0.717) is 19.9 Å². The van der Waals surface area contributed by atoms with Gasteiger partial charge < -0.3 is 14.0 Å². The summed E-state index contributed by atoms with van der Waals surface area (Å²) in [4.78, 5) is 0. The summed E-state index contributed by atoms with van der Waals surface area (Å²) in [6, 6.07) is 18.4. The van der Waals surface area contributed by atoms with E-state index >= 15 is 0 Å². The third-order valence-corrected chi connectivity index (χ3v) is 3.42. The molecule has 0 fully saturated rings. The highest BCUT2D eigenvalue weighted by molar-refractivity contribution is 5.86. The third kappa shape index (κ3) is 3.09. The first-order valence-corrected chi connectivity index (χ1v) is 7.21. The molecule has 2 aromatic carbocycles. The molecule has 0 atom stereocenters. The largest absolute Gasteiger partial charge is 0.493 e. The molecule has 0 saturated carbocycles. The van der Waals surface area contributed by atoms with Crippen LogP contribution in [-0.4, -0.2) is 11.2 Å². The number of hydrogen-bond acceptors (Lipinski definition) is 2. The van der Waals surface area contributed by atoms with E-state index in [2.05, 4.69) is 28.8 Å². The number of hydrogen-bond donors (Lipinski definition) is 0. The highest BCUT2D eigenvalue weighted by Gasteiger charge is 2.06. The van der Waals surface area contributed by atoms with Crippen LogP contribution in [0.2, 0.25) is 0 Å². The van der Waals surface area contributed by atoms with Crippen LogP contribution in [0.25, 0.3) is 10.9 Å². The Kier molecular flexibility index (Phi) is 4.22. The van der Waals surface area contributed by atoms with Crippen LogP contribution in [0.5, 0.6) is 5.75 Å². The molecule has 0 spiro atoms. The molecule has 0 amide bonds. The van der Waals surface area contributed by atoms with Crippen LogP contribution in [0.15, 0.2) is 60.8 Å². The zero-order chi connectivity index (χ0) is 14.5. The topological polar surface area (TPSA) is 23.4 Å². The standard InChI is InChI=1S/C18H19NO2/c1-2-21-18-10-6-9-17-16(18)11-12-19(17)14-20-13-15-7-4-3-5-8-15/h3-12H,2,13-14H2,1H3. The van der Waals surface area contributed by atoms with Gasteiger partial charge in [0.25, 0.3) is 0 Å². The minimum Gasteiger partial charge on any atom is -0.493 e. The van der Waals surface area contributed by atoms with Crippen LogP contribution in [0, 0.1) is 0 Å². The Hall–Kier alpha value is -2.26. The third-order valence-electron chi connectivity index (χ3n) is 3.42. The van der Waals surface area contributed by atoms with Gasteiger partial charge in [-0.15, -0.1) is 0 Å². The van der Waals surface area contributed by atoms with Crippen LogP contribution >= 0.6 is 0 Å². The molecule has 0 radical (unpaired) electrons. The Morgan fingerprint density at radius 3 is 2.62 bits per heavy atom. The predicted molar refractivity (Wildman–Crippen MR) is 84.3 cm³/mol. The highest BCUT2D eigenvalue weighted by atomic mass is 16.5. The van der Waals surface area contributed by atoms with Gasteiger partial charge in [0.15, 0.2) is 0 Å². The Balaban J connectivity index is 1.71. The molecule has 0 N–H and O–H groups in total. The van der Waals surface area contributed by atoms with Gasteiger partial charge in [0, 0.05) is 11.6 Å². The van der Waals surface area contributed by atoms with Crippen LogP contribution in [0.3, 0.4) is 0 Å². The number of fused-ring (bicyclic) bond motifs is 1. The first-order chi connectivity index (χ1) is 10.4. The smallest absolute Gasteiger partial charge is 0.128 e. The number of benzene rings is 2. The van der Waals surface area contributed by atoms with E-state index in [4.69, 9.17) is 9.47 Å². The second-order valence-electron chi connectivity index (χ2n) is 4.87. The summed E-state index contributed by atoms with van der Waals surface area (Å²) >= 11 is 0. The van der Waals surface area contributed by atoms with Crippen molar-refractivity contribution in [2.45, 2.75) is 20.3 Å². The Morgan fingerprint density at radius 2 is 1.81 bits per heavy atom. The summed E-state index contributed by atoms with van der Waals surface area (Å²) in [7, 11) is 0. The van der Waals surface area contributed by atoms with Crippen molar-refractivity contribution in [1.82, 2.24) is 4.57 Å². The summed E-state index contributed by atoms with van der Waals surface area (Å²) in [5.74, 6) is 0.928. The van der Waals surface area contributed by atoms with Crippen LogP contribution in [-0.2, 0) is 18.1 Å². The lowest BCUT2D eigenvalue weighted by Gasteiger charge is -2.09. The summed E-state index contributed by atoms with van der Waals surface area (Å²) in [6.45, 7) is 3.83. The summed E-state index contributed by atoms with van der Waals surface area (Å²) in [6.07, 6.45) is 2.04. The quantitative estimate of drug-likeness (QED) is 0.675. The Bertz CT molecular complexity index is 704. The normalized spacial score (nSPS) is 10.9. The fourth-order valence-electron chi connectivity index (χ4n) is 2.43. The molecule has 0 aliphatic heterocycles. The van der Waals surface area contributed by atoms with E-state index < -0.39 is 0 Å². The van der Waals surface area contributed by atoms with Gasteiger partial charge in [-0.3, -0.25) is 0 Å². The van der Waals surface area contributed by atoms with Crippen molar-refractivity contribution in [3.8, 4) is 5.75 Å². The average Bonchev–Trinajstić information content (AvgIpc) is 2.93. The molecule has 21 heavy (non-hydrogen) atoms. The van der Waals surface area contributed by atoms with Crippen molar-refractivity contribution in [1.29, 1.82) is 0 Å². The van der Waals surface area contributed by atoms with Crippen molar-refractivity contribution < 1.29 is 9.47 Å². The molecule has 3 heteroatoms. The van der Waals surface area contributed by atoms with Gasteiger partial charge in [0.2, 0.25) is 0 Å². The summed E-state index contributed by atoms with van der Waals surface area (Å²) in [5, 5.41) is 1.13. The molecule has 1 heterocycles. The maximum absolute atomic E-state index is 5.79. The lowest BCUT2D eigenvalue weighted by molar-refractivity contribution is 0.0668. The molecule has 0 aliphatic carbocycles. The van der Waals surface area contributed by atoms with Crippen molar-refractivity contribution in [2.75, 3.05) is 6.61 Å². The number of rotatable bonds is 6. The second-order valence-corrected chi connectivity index (χ2v) is 4.87. The number of nitrogens with zero attached hydrogens (tertiary/aromatic N) is 1. The SMILES string of the molecule is CCOc1cccc2c1ccn2COCc1ccccc1. The summed E-state index contributed by atoms with van der Waals surface area (Å²) < 4.78 is 13.5. The molecule has 3 rings (SSSR count). The van der Waals surface area contributed by atoms with E-state index in [9.17, 15) is 0 Å². The minimum atomic E-state index is 0.536. The number of aromatic nitrogens is 1. The lowest BCUT2D eigenvalue weighted by Crippen LogP contribution is -2.01. The van der Waals surface area contributed by atoms with Crippen molar-refractivity contribution in [3.63, 3.8) is 0 Å². The first-order valence-electron chi connectivity index (χ1n) is 7.21. The van der Waals surface area contributed by atoms with E-state index in [1.54, 1.807) is 0 Å². The van der Waals surface area contributed by atoms with E-state index in [1.807, 2.05) is 43.5 Å². The fraction of sp³-hybridized carbons (Fsp3) is 0.222. The maximum Gasteiger partial charge on any atom is 0.128 e. The van der Waals surface area contributed by atoms with Gasteiger partial charge in [-0.2, -0.15) is 0 Å². The molecule has 0 aliphatic rings. The summed E-state index contributed by atoms with van der Waals surface area (Å²) in [5.41, 5.74) is 2.32. The first kappa shape index (κ1) is 13.7. The van der Waals surface area contributed by atoms with Gasteiger partial charge in [0.05, 0.1) is 18.7 Å². The van der Waals surface area contributed by atoms with Crippen molar-refractivity contribution >= 4 is 10.9 Å². The zero-order valence-electron chi connectivity index (χ0n) is 12.2. The van der Waals surface area contributed by atoms with Crippen molar-refractivity contribution in [2.24, 2.45) is 0 Å². The van der Waals surface area contributed by atoms with E-state index in [0.717, 1.165) is 16.7 Å². The molecule has 108 valence electrons. The Morgan fingerprint density at radius 1 is 0.952 bits per heavy atom. The monoisotopic (exact) mass is 281 g/mol. The Labute approximate surface area is 124 Å². The van der Waals surface area contributed by atoms with Gasteiger partial charge in [-0.1, -0.05) is 36.4 Å². The zero-order valence-corrected chi connectivity index (χ0v) is 12.2. The average molecular weight is 281 g/mol. The van der Waals surface area contributed by atoms with Gasteiger partial charge in [-0.25, -0.2) is 0 Å². The van der Waals surface area contributed by atoms with Crippen LogP contribution in [0.1, 0.15) is 12.5 Å². The molecule has 3 aromatic rings. The second kappa shape index (κ2) is 6.46. The lowest BCUT2D eigenvalue weighted by atomic mass is 10.2. The minimum absolute atomic E-state index is 0.536. The molecule has 0 bridgehead atoms.